The van der Waals surface area contributed by atoms with Crippen LogP contribution in [0.5, 0.6) is 0 Å². The van der Waals surface area contributed by atoms with Crippen LogP contribution in [-0.4, -0.2) is 16.2 Å². The number of aromatic nitrogens is 2. The van der Waals surface area contributed by atoms with Crippen LogP contribution in [0.25, 0.3) is 10.9 Å². The van der Waals surface area contributed by atoms with Gasteiger partial charge in [-0.3, -0.25) is 0 Å². The fourth-order valence-electron chi connectivity index (χ4n) is 2.57. The smallest absolute Gasteiger partial charge is 0.186 e. The number of rotatable bonds is 7. The molecule has 0 spiro atoms. The van der Waals surface area contributed by atoms with E-state index in [1.807, 2.05) is 24.3 Å². The van der Waals surface area contributed by atoms with Gasteiger partial charge in [-0.2, -0.15) is 5.26 Å². The molecule has 2 aromatic rings. The summed E-state index contributed by atoms with van der Waals surface area (Å²) in [6.45, 7) is 4.39. The van der Waals surface area contributed by atoms with Crippen molar-refractivity contribution in [2.45, 2.75) is 52.0 Å². The maximum absolute atomic E-state index is 9.30. The van der Waals surface area contributed by atoms with Gasteiger partial charge in [0, 0.05) is 11.4 Å². The van der Waals surface area contributed by atoms with Gasteiger partial charge in [-0.1, -0.05) is 51.3 Å². The maximum Gasteiger partial charge on any atom is 0.186 e. The third-order valence-corrected chi connectivity index (χ3v) is 3.67. The van der Waals surface area contributed by atoms with Gasteiger partial charge in [-0.15, -0.1) is 10.2 Å². The van der Waals surface area contributed by atoms with Crippen molar-refractivity contribution in [2.75, 3.05) is 5.32 Å². The van der Waals surface area contributed by atoms with Gasteiger partial charge >= 0.3 is 0 Å². The number of nitrogens with zero attached hydrogens (tertiary/aromatic N) is 3. The van der Waals surface area contributed by atoms with Crippen molar-refractivity contribution in [3.8, 4) is 6.07 Å². The van der Waals surface area contributed by atoms with Crippen LogP contribution in [-0.2, 0) is 0 Å². The van der Waals surface area contributed by atoms with Crippen LogP contribution in [0.3, 0.4) is 0 Å². The van der Waals surface area contributed by atoms with Gasteiger partial charge in [-0.05, 0) is 18.9 Å². The minimum Gasteiger partial charge on any atom is -0.379 e. The molecule has 0 aliphatic carbocycles. The number of nitrogens with one attached hydrogen (secondary N) is 1. The molecule has 1 atom stereocenters. The Labute approximate surface area is 126 Å². The summed E-state index contributed by atoms with van der Waals surface area (Å²) in [6, 6.07) is 10.4. The molecule has 0 saturated carbocycles. The van der Waals surface area contributed by atoms with Crippen LogP contribution in [0, 0.1) is 11.3 Å². The molecule has 4 nitrogen and oxygen atoms in total. The first-order valence-electron chi connectivity index (χ1n) is 7.72. The van der Waals surface area contributed by atoms with E-state index in [4.69, 9.17) is 0 Å². The molecule has 1 heterocycles. The highest BCUT2D eigenvalue weighted by atomic mass is 15.1. The topological polar surface area (TPSA) is 61.6 Å². The third kappa shape index (κ3) is 3.69. The largest absolute Gasteiger partial charge is 0.379 e. The monoisotopic (exact) mass is 282 g/mol. The average molecular weight is 282 g/mol. The van der Waals surface area contributed by atoms with Crippen LogP contribution in [0.15, 0.2) is 24.3 Å². The standard InChI is InChI=1S/C17H22N4/c1-3-5-9-13(8-4-2)19-17-14-10-6-7-11-15(14)20-21-16(17)12-18/h6-7,10-11,13H,3-5,8-9H2,1-2H3,(H,19,20). The summed E-state index contributed by atoms with van der Waals surface area (Å²) < 4.78 is 0. The number of hydrogen-bond acceptors (Lipinski definition) is 4. The Hall–Kier alpha value is -2.15. The van der Waals surface area contributed by atoms with Crippen LogP contribution in [0.2, 0.25) is 0 Å². The summed E-state index contributed by atoms with van der Waals surface area (Å²) in [5.74, 6) is 0. The van der Waals surface area contributed by atoms with Gasteiger partial charge in [-0.25, -0.2) is 0 Å². The summed E-state index contributed by atoms with van der Waals surface area (Å²) in [7, 11) is 0. The van der Waals surface area contributed by atoms with Crippen LogP contribution in [0.4, 0.5) is 5.69 Å². The lowest BCUT2D eigenvalue weighted by Crippen LogP contribution is -2.20. The highest BCUT2D eigenvalue weighted by Gasteiger charge is 2.14. The Morgan fingerprint density at radius 2 is 1.95 bits per heavy atom. The molecule has 110 valence electrons. The highest BCUT2D eigenvalue weighted by Crippen LogP contribution is 2.26. The lowest BCUT2D eigenvalue weighted by atomic mass is 10.0. The van der Waals surface area contributed by atoms with Crippen molar-refractivity contribution in [1.29, 1.82) is 5.26 Å². The second kappa shape index (κ2) is 7.58. The van der Waals surface area contributed by atoms with Gasteiger partial charge in [0.05, 0.1) is 11.2 Å². The lowest BCUT2D eigenvalue weighted by Gasteiger charge is -2.20. The van der Waals surface area contributed by atoms with E-state index in [9.17, 15) is 5.26 Å². The summed E-state index contributed by atoms with van der Waals surface area (Å²) in [4.78, 5) is 0. The second-order valence-corrected chi connectivity index (χ2v) is 5.32. The Balaban J connectivity index is 2.36. The molecule has 0 saturated heterocycles. The predicted octanol–water partition coefficient (Wildman–Crippen LogP) is 4.27. The normalized spacial score (nSPS) is 12.0. The van der Waals surface area contributed by atoms with E-state index in [1.165, 1.54) is 12.8 Å². The third-order valence-electron chi connectivity index (χ3n) is 3.67. The average Bonchev–Trinajstić information content (AvgIpc) is 2.53. The zero-order valence-electron chi connectivity index (χ0n) is 12.8. The Morgan fingerprint density at radius 1 is 1.14 bits per heavy atom. The molecular formula is C17H22N4. The van der Waals surface area contributed by atoms with Gasteiger partial charge in [0.15, 0.2) is 5.69 Å². The Kier molecular flexibility index (Phi) is 5.51. The van der Waals surface area contributed by atoms with E-state index >= 15 is 0 Å². The van der Waals surface area contributed by atoms with Crippen molar-refractivity contribution in [3.05, 3.63) is 30.0 Å². The van der Waals surface area contributed by atoms with Crippen molar-refractivity contribution < 1.29 is 0 Å². The highest BCUT2D eigenvalue weighted by molar-refractivity contribution is 5.92. The second-order valence-electron chi connectivity index (χ2n) is 5.32. The minimum atomic E-state index is 0.381. The molecule has 2 rings (SSSR count). The molecular weight excluding hydrogens is 260 g/mol. The zero-order chi connectivity index (χ0) is 15.1. The van der Waals surface area contributed by atoms with Crippen LogP contribution < -0.4 is 5.32 Å². The SMILES string of the molecule is CCCCC(CCC)Nc1c(C#N)nnc2ccccc12. The van der Waals surface area contributed by atoms with E-state index in [2.05, 4.69) is 35.4 Å². The van der Waals surface area contributed by atoms with E-state index in [0.717, 1.165) is 35.9 Å². The van der Waals surface area contributed by atoms with E-state index in [0.29, 0.717) is 11.7 Å². The Bertz CT molecular complexity index is 630. The van der Waals surface area contributed by atoms with Gasteiger partial charge in [0.2, 0.25) is 0 Å². The number of benzene rings is 1. The molecule has 0 amide bonds. The molecule has 21 heavy (non-hydrogen) atoms. The van der Waals surface area contributed by atoms with E-state index in [-0.39, 0.29) is 0 Å². The summed E-state index contributed by atoms with van der Waals surface area (Å²) >= 11 is 0. The molecule has 0 aliphatic heterocycles. The lowest BCUT2D eigenvalue weighted by molar-refractivity contribution is 0.564. The molecule has 0 aliphatic rings. The summed E-state index contributed by atoms with van der Waals surface area (Å²) in [5, 5.41) is 22.0. The van der Waals surface area contributed by atoms with Crippen LogP contribution >= 0.6 is 0 Å². The number of unbranched alkanes of at least 4 members (excludes halogenated alkanes) is 1. The molecule has 1 aromatic heterocycles. The zero-order valence-corrected chi connectivity index (χ0v) is 12.8. The molecule has 1 unspecified atom stereocenters. The molecule has 0 fully saturated rings. The van der Waals surface area contributed by atoms with Gasteiger partial charge in [0.25, 0.3) is 0 Å². The molecule has 0 bridgehead atoms. The first-order valence-corrected chi connectivity index (χ1v) is 7.72. The summed E-state index contributed by atoms with van der Waals surface area (Å²) in [6.07, 6.45) is 5.71. The first-order chi connectivity index (χ1) is 10.3. The molecule has 1 aromatic carbocycles. The molecule has 4 heteroatoms. The molecule has 1 N–H and O–H groups in total. The van der Waals surface area contributed by atoms with Gasteiger partial charge in [0.1, 0.15) is 6.07 Å². The number of fused-ring (bicyclic) bond motifs is 1. The number of anilines is 1. The van der Waals surface area contributed by atoms with Gasteiger partial charge < -0.3 is 5.32 Å². The van der Waals surface area contributed by atoms with Crippen molar-refractivity contribution in [1.82, 2.24) is 10.2 Å². The van der Waals surface area contributed by atoms with Crippen molar-refractivity contribution in [2.24, 2.45) is 0 Å². The maximum atomic E-state index is 9.30. The van der Waals surface area contributed by atoms with Crippen molar-refractivity contribution >= 4 is 16.6 Å². The quantitative estimate of drug-likeness (QED) is 0.823. The first kappa shape index (κ1) is 15.2. The van der Waals surface area contributed by atoms with Crippen molar-refractivity contribution in [3.63, 3.8) is 0 Å². The number of hydrogen-bond donors (Lipinski definition) is 1. The Morgan fingerprint density at radius 3 is 2.67 bits per heavy atom. The molecule has 0 radical (unpaired) electrons. The predicted molar refractivity (Wildman–Crippen MR) is 86.1 cm³/mol. The fraction of sp³-hybridized carbons (Fsp3) is 0.471. The summed E-state index contributed by atoms with van der Waals surface area (Å²) in [5.41, 5.74) is 2.04. The van der Waals surface area contributed by atoms with Crippen LogP contribution in [0.1, 0.15) is 51.6 Å². The van der Waals surface area contributed by atoms with E-state index < -0.39 is 0 Å². The number of nitriles is 1. The minimum absolute atomic E-state index is 0.381. The fourth-order valence-corrected chi connectivity index (χ4v) is 2.57. The van der Waals surface area contributed by atoms with E-state index in [1.54, 1.807) is 0 Å².